The molecule has 3 aliphatic rings. The second-order valence-corrected chi connectivity index (χ2v) is 11.5. The van der Waals surface area contributed by atoms with Crippen LogP contribution in [0.5, 0.6) is 5.88 Å². The van der Waals surface area contributed by atoms with Gasteiger partial charge in [-0.2, -0.15) is 5.26 Å². The van der Waals surface area contributed by atoms with E-state index in [1.165, 1.54) is 6.20 Å². The number of amides is 2. The molecule has 3 fully saturated rings. The van der Waals surface area contributed by atoms with Crippen LogP contribution in [-0.2, 0) is 9.59 Å². The van der Waals surface area contributed by atoms with E-state index in [1.807, 2.05) is 28.9 Å². The van der Waals surface area contributed by atoms with E-state index < -0.39 is 0 Å². The molecule has 0 bridgehead atoms. The van der Waals surface area contributed by atoms with E-state index >= 15 is 0 Å². The van der Waals surface area contributed by atoms with Gasteiger partial charge in [0.2, 0.25) is 17.7 Å². The van der Waals surface area contributed by atoms with Crippen molar-refractivity contribution in [1.82, 2.24) is 14.8 Å². The molecule has 7 nitrogen and oxygen atoms in total. The molecular weight excluding hydrogens is 523 g/mol. The minimum Gasteiger partial charge on any atom is -0.474 e. The number of aromatic nitrogens is 1. The number of halogens is 2. The fraction of sp³-hybridized carbons (Fsp3) is 0.517. The van der Waals surface area contributed by atoms with E-state index in [9.17, 15) is 9.59 Å². The molecule has 3 atom stereocenters. The molecule has 1 aromatic carbocycles. The van der Waals surface area contributed by atoms with Crippen LogP contribution in [0.3, 0.4) is 0 Å². The Labute approximate surface area is 233 Å². The fourth-order valence-electron chi connectivity index (χ4n) is 5.89. The average molecular weight is 556 g/mol. The van der Waals surface area contributed by atoms with Crippen molar-refractivity contribution >= 4 is 35.0 Å². The lowest BCUT2D eigenvalue weighted by atomic mass is 9.83. The highest BCUT2D eigenvalue weighted by Crippen LogP contribution is 2.39. The highest BCUT2D eigenvalue weighted by atomic mass is 35.5. The molecule has 2 amide bonds. The fourth-order valence-corrected chi connectivity index (χ4v) is 6.20. The molecule has 200 valence electrons. The average Bonchev–Trinajstić information content (AvgIpc) is 3.35. The van der Waals surface area contributed by atoms with Crippen LogP contribution in [0.2, 0.25) is 10.0 Å². The molecule has 0 N–H and O–H groups in total. The van der Waals surface area contributed by atoms with Gasteiger partial charge in [0.05, 0.1) is 15.6 Å². The lowest BCUT2D eigenvalue weighted by molar-refractivity contribution is -0.143. The summed E-state index contributed by atoms with van der Waals surface area (Å²) in [6, 6.07) is 11.1. The van der Waals surface area contributed by atoms with Crippen LogP contribution in [0.4, 0.5) is 0 Å². The number of hydrogen-bond donors (Lipinski definition) is 0. The Morgan fingerprint density at radius 2 is 1.71 bits per heavy atom. The van der Waals surface area contributed by atoms with Gasteiger partial charge >= 0.3 is 0 Å². The third-order valence-electron chi connectivity index (χ3n) is 8.43. The van der Waals surface area contributed by atoms with Crippen LogP contribution in [0.25, 0.3) is 0 Å². The summed E-state index contributed by atoms with van der Waals surface area (Å²) >= 11 is 12.5. The van der Waals surface area contributed by atoms with E-state index in [0.717, 1.165) is 24.8 Å². The third-order valence-corrected chi connectivity index (χ3v) is 9.17. The summed E-state index contributed by atoms with van der Waals surface area (Å²) < 4.78 is 6.19. The van der Waals surface area contributed by atoms with Crippen LogP contribution in [-0.4, -0.2) is 58.9 Å². The van der Waals surface area contributed by atoms with Gasteiger partial charge in [0.1, 0.15) is 12.2 Å². The van der Waals surface area contributed by atoms with Crippen molar-refractivity contribution in [3.05, 3.63) is 57.7 Å². The molecule has 2 aromatic rings. The summed E-state index contributed by atoms with van der Waals surface area (Å²) in [6.45, 7) is 4.43. The Balaban J connectivity index is 1.29. The second kappa shape index (κ2) is 11.5. The molecule has 0 unspecified atom stereocenters. The van der Waals surface area contributed by atoms with Gasteiger partial charge in [-0.3, -0.25) is 9.59 Å². The van der Waals surface area contributed by atoms with Crippen LogP contribution in [0.15, 0.2) is 36.5 Å². The molecule has 2 aliphatic heterocycles. The monoisotopic (exact) mass is 554 g/mol. The SMILES string of the molecule is C[C@H](Oc1ccc(C#N)cn1)[C@H]1CN(C(=O)C2CCN(C(=O)C3CCC3)CC2)C[C@@H]1c1ccc(Cl)c(Cl)c1. The molecule has 1 aliphatic carbocycles. The lowest BCUT2D eigenvalue weighted by Crippen LogP contribution is -2.46. The van der Waals surface area contributed by atoms with E-state index in [-0.39, 0.29) is 41.6 Å². The molecule has 3 heterocycles. The molecule has 38 heavy (non-hydrogen) atoms. The van der Waals surface area contributed by atoms with Gasteiger partial charge in [-0.25, -0.2) is 4.98 Å². The summed E-state index contributed by atoms with van der Waals surface area (Å²) in [7, 11) is 0. The first-order chi connectivity index (χ1) is 18.3. The number of ether oxygens (including phenoxy) is 1. The maximum atomic E-state index is 13.7. The zero-order valence-corrected chi connectivity index (χ0v) is 23.0. The molecular formula is C29H32Cl2N4O3. The van der Waals surface area contributed by atoms with Gasteiger partial charge in [-0.1, -0.05) is 35.7 Å². The Hall–Kier alpha value is -2.82. The van der Waals surface area contributed by atoms with Crippen LogP contribution >= 0.6 is 23.2 Å². The zero-order valence-electron chi connectivity index (χ0n) is 21.5. The minimum absolute atomic E-state index is 0.00826. The number of nitrogens with zero attached hydrogens (tertiary/aromatic N) is 4. The van der Waals surface area contributed by atoms with E-state index in [2.05, 4.69) is 11.1 Å². The first kappa shape index (κ1) is 26.8. The largest absolute Gasteiger partial charge is 0.474 e. The topological polar surface area (TPSA) is 86.5 Å². The molecule has 9 heteroatoms. The summed E-state index contributed by atoms with van der Waals surface area (Å²) in [5.74, 6) is 1.00. The van der Waals surface area contributed by atoms with Crippen LogP contribution in [0, 0.1) is 29.1 Å². The zero-order chi connectivity index (χ0) is 26.8. The Bertz CT molecular complexity index is 1220. The number of rotatable bonds is 6. The van der Waals surface area contributed by atoms with Gasteiger partial charge < -0.3 is 14.5 Å². The molecule has 0 radical (unpaired) electrons. The molecule has 2 saturated heterocycles. The Morgan fingerprint density at radius 1 is 1.00 bits per heavy atom. The number of benzene rings is 1. The van der Waals surface area contributed by atoms with Crippen molar-refractivity contribution in [3.63, 3.8) is 0 Å². The third kappa shape index (κ3) is 5.62. The summed E-state index contributed by atoms with van der Waals surface area (Å²) in [6.07, 6.45) is 5.81. The quantitative estimate of drug-likeness (QED) is 0.483. The van der Waals surface area contributed by atoms with Crippen molar-refractivity contribution in [2.75, 3.05) is 26.2 Å². The number of piperidine rings is 1. The number of carbonyl (C=O) groups is 2. The van der Waals surface area contributed by atoms with Crippen LogP contribution in [0.1, 0.15) is 56.1 Å². The maximum absolute atomic E-state index is 13.7. The van der Waals surface area contributed by atoms with E-state index in [0.29, 0.717) is 60.5 Å². The highest BCUT2D eigenvalue weighted by Gasteiger charge is 2.43. The molecule has 0 spiro atoms. The van der Waals surface area contributed by atoms with Crippen molar-refractivity contribution in [1.29, 1.82) is 5.26 Å². The molecule has 1 saturated carbocycles. The first-order valence-corrected chi connectivity index (χ1v) is 14.1. The Morgan fingerprint density at radius 3 is 2.32 bits per heavy atom. The first-order valence-electron chi connectivity index (χ1n) is 13.4. The number of pyridine rings is 1. The Kier molecular flexibility index (Phi) is 8.11. The lowest BCUT2D eigenvalue weighted by Gasteiger charge is -2.37. The molecule has 1 aromatic heterocycles. The van der Waals surface area contributed by atoms with Gasteiger partial charge in [-0.05, 0) is 56.4 Å². The van der Waals surface area contributed by atoms with Crippen molar-refractivity contribution in [3.8, 4) is 11.9 Å². The van der Waals surface area contributed by atoms with Gasteiger partial charge in [-0.15, -0.1) is 0 Å². The van der Waals surface area contributed by atoms with Crippen molar-refractivity contribution in [2.45, 2.75) is 51.0 Å². The van der Waals surface area contributed by atoms with Crippen LogP contribution < -0.4 is 4.74 Å². The maximum Gasteiger partial charge on any atom is 0.225 e. The van der Waals surface area contributed by atoms with E-state index in [4.69, 9.17) is 33.2 Å². The number of hydrogen-bond acceptors (Lipinski definition) is 5. The number of likely N-dealkylation sites (tertiary alicyclic amines) is 2. The van der Waals surface area contributed by atoms with Crippen molar-refractivity contribution < 1.29 is 14.3 Å². The summed E-state index contributed by atoms with van der Waals surface area (Å²) in [5, 5.41) is 10.0. The minimum atomic E-state index is -0.241. The predicted molar refractivity (Wildman–Crippen MR) is 145 cm³/mol. The van der Waals surface area contributed by atoms with Gasteiger partial charge in [0.25, 0.3) is 0 Å². The standard InChI is InChI=1S/C29H32Cl2N4O3/c1-18(38-27-8-5-19(14-32)15-33-27)23-16-35(17-24(23)22-6-7-25(30)26(31)13-22)29(37)21-9-11-34(12-10-21)28(36)20-3-2-4-20/h5-8,13,15,18,20-21,23-24H,2-4,9-12,16-17H2,1H3/t18-,23+,24+/m0/s1. The van der Waals surface area contributed by atoms with Gasteiger partial charge in [0, 0.05) is 62.1 Å². The second-order valence-electron chi connectivity index (χ2n) is 10.7. The van der Waals surface area contributed by atoms with Crippen molar-refractivity contribution in [2.24, 2.45) is 17.8 Å². The summed E-state index contributed by atoms with van der Waals surface area (Å²) in [4.78, 5) is 34.5. The predicted octanol–water partition coefficient (Wildman–Crippen LogP) is 5.31. The number of nitriles is 1. The smallest absolute Gasteiger partial charge is 0.225 e. The van der Waals surface area contributed by atoms with E-state index in [1.54, 1.807) is 18.2 Å². The number of carbonyl (C=O) groups excluding carboxylic acids is 2. The van der Waals surface area contributed by atoms with Gasteiger partial charge in [0.15, 0.2) is 0 Å². The highest BCUT2D eigenvalue weighted by molar-refractivity contribution is 6.42. The normalized spacial score (nSPS) is 23.0. The molecule has 5 rings (SSSR count). The summed E-state index contributed by atoms with van der Waals surface area (Å²) in [5.41, 5.74) is 1.49.